The lowest BCUT2D eigenvalue weighted by atomic mass is 9.84. The third-order valence-electron chi connectivity index (χ3n) is 7.31. The number of carbonyl (C=O) groups excluding carboxylic acids is 3. The van der Waals surface area contributed by atoms with E-state index in [1.807, 2.05) is 0 Å². The Balaban J connectivity index is 1.74. The van der Waals surface area contributed by atoms with Crippen molar-refractivity contribution >= 4 is 29.7 Å². The van der Waals surface area contributed by atoms with E-state index >= 15 is 0 Å². The summed E-state index contributed by atoms with van der Waals surface area (Å²) in [7, 11) is 1.53. The Kier molecular flexibility index (Phi) is 10.4. The molecule has 0 fully saturated rings. The molecule has 4 rings (SSSR count). The van der Waals surface area contributed by atoms with Crippen molar-refractivity contribution in [1.82, 2.24) is 20.5 Å². The molecule has 0 saturated carbocycles. The van der Waals surface area contributed by atoms with Gasteiger partial charge >= 0.3 is 5.97 Å². The number of H-pyrrole nitrogens is 1. The molecule has 2 unspecified atom stereocenters. The highest BCUT2D eigenvalue weighted by molar-refractivity contribution is 5.98. The Bertz CT molecular complexity index is 1480. The molecule has 0 bridgehead atoms. The molecule has 12 heteroatoms. The van der Waals surface area contributed by atoms with E-state index < -0.39 is 29.6 Å². The fraction of sp³-hybridized carbons (Fsp3) is 0.387. The molecule has 0 spiro atoms. The average Bonchev–Trinajstić information content (AvgIpc) is 3.39. The van der Waals surface area contributed by atoms with Crippen LogP contribution in [0.2, 0.25) is 0 Å². The summed E-state index contributed by atoms with van der Waals surface area (Å²) in [6, 6.07) is 8.24. The first-order chi connectivity index (χ1) is 20.7. The van der Waals surface area contributed by atoms with Crippen LogP contribution in [0.5, 0.6) is 17.2 Å². The van der Waals surface area contributed by atoms with Gasteiger partial charge in [0.1, 0.15) is 34.4 Å². The van der Waals surface area contributed by atoms with Gasteiger partial charge in [0.2, 0.25) is 11.9 Å². The minimum absolute atomic E-state index is 0.00712. The number of phenols is 2. The van der Waals surface area contributed by atoms with Crippen molar-refractivity contribution in [2.45, 2.75) is 70.4 Å². The number of anilines is 1. The zero-order valence-electron chi connectivity index (χ0n) is 24.3. The standard InChI is InChI=1S/C31H37N5O7/c1-18-7-6-10-21(37)9-5-3-4-8-20-15-24(38)28(29(40)27(20)30(41)43-18)23(19-11-13-22(42-2)14-12-19)16-26(39)33-17-25-34-31(32)36-35-25/h4,8,11-15,18,23,38,40H,3,5-7,9-10,16-17H2,1-2H3,(H,33,39)(H3,32,34,35,36). The SMILES string of the molecule is COc1ccc(C(CC(=O)NCc2nc(N)n[nH]2)c2c(O)cc3c(c2O)C(=O)OC(C)CCCC(=O)CCCC=C3)cc1. The van der Waals surface area contributed by atoms with Crippen LogP contribution in [0.15, 0.2) is 36.4 Å². The van der Waals surface area contributed by atoms with Crippen molar-refractivity contribution in [3.8, 4) is 17.2 Å². The number of nitrogens with one attached hydrogen (secondary N) is 2. The van der Waals surface area contributed by atoms with E-state index in [-0.39, 0.29) is 47.1 Å². The first kappa shape index (κ1) is 31.1. The van der Waals surface area contributed by atoms with Crippen molar-refractivity contribution in [1.29, 1.82) is 0 Å². The van der Waals surface area contributed by atoms with Gasteiger partial charge in [-0.25, -0.2) is 4.79 Å². The smallest absolute Gasteiger partial charge is 0.342 e. The minimum atomic E-state index is -0.857. The van der Waals surface area contributed by atoms with Crippen LogP contribution in [0.3, 0.4) is 0 Å². The first-order valence-electron chi connectivity index (χ1n) is 14.2. The Morgan fingerprint density at radius 3 is 2.65 bits per heavy atom. The van der Waals surface area contributed by atoms with Gasteiger partial charge in [-0.2, -0.15) is 4.98 Å². The first-order valence-corrected chi connectivity index (χ1v) is 14.2. The number of esters is 1. The quantitative estimate of drug-likeness (QED) is 0.250. The number of allylic oxidation sites excluding steroid dienone is 1. The molecule has 2 aromatic carbocycles. The monoisotopic (exact) mass is 591 g/mol. The van der Waals surface area contributed by atoms with Crippen LogP contribution in [0.4, 0.5) is 5.95 Å². The van der Waals surface area contributed by atoms with Crippen molar-refractivity contribution in [2.75, 3.05) is 12.8 Å². The molecule has 228 valence electrons. The molecule has 0 aliphatic carbocycles. The third kappa shape index (κ3) is 8.12. The topological polar surface area (TPSA) is 190 Å². The second-order valence-electron chi connectivity index (χ2n) is 10.5. The van der Waals surface area contributed by atoms with Crippen LogP contribution < -0.4 is 15.8 Å². The van der Waals surface area contributed by atoms with Crippen LogP contribution in [-0.2, 0) is 20.9 Å². The van der Waals surface area contributed by atoms with E-state index in [0.717, 1.165) is 0 Å². The summed E-state index contributed by atoms with van der Waals surface area (Å²) in [5, 5.41) is 32.0. The molecule has 0 saturated heterocycles. The lowest BCUT2D eigenvalue weighted by molar-refractivity contribution is -0.121. The van der Waals surface area contributed by atoms with Crippen molar-refractivity contribution < 1.29 is 34.1 Å². The average molecular weight is 592 g/mol. The van der Waals surface area contributed by atoms with Crippen LogP contribution >= 0.6 is 0 Å². The van der Waals surface area contributed by atoms with Crippen molar-refractivity contribution in [3.05, 3.63) is 64.5 Å². The molecule has 0 radical (unpaired) electrons. The Labute approximate surface area is 249 Å². The summed E-state index contributed by atoms with van der Waals surface area (Å²) in [5.74, 6) is -1.66. The molecule has 1 aliphatic heterocycles. The number of hydrogen-bond donors (Lipinski definition) is 5. The van der Waals surface area contributed by atoms with Gasteiger partial charge in [-0.05, 0) is 61.9 Å². The highest BCUT2D eigenvalue weighted by Gasteiger charge is 2.31. The second-order valence-corrected chi connectivity index (χ2v) is 10.5. The van der Waals surface area contributed by atoms with Gasteiger partial charge in [0.25, 0.3) is 0 Å². The molecule has 3 aromatic rings. The summed E-state index contributed by atoms with van der Waals surface area (Å²) in [4.78, 5) is 42.7. The number of ketones is 1. The maximum atomic E-state index is 13.5. The van der Waals surface area contributed by atoms with Crippen molar-refractivity contribution in [2.24, 2.45) is 0 Å². The number of benzene rings is 2. The van der Waals surface area contributed by atoms with Crippen LogP contribution in [0.1, 0.15) is 90.7 Å². The Morgan fingerprint density at radius 2 is 1.95 bits per heavy atom. The number of nitrogens with two attached hydrogens (primary N) is 1. The maximum absolute atomic E-state index is 13.5. The van der Waals surface area contributed by atoms with Crippen LogP contribution in [0.25, 0.3) is 6.08 Å². The number of phenolic OH excluding ortho intramolecular Hbond substituents is 2. The van der Waals surface area contributed by atoms with Crippen LogP contribution in [0, 0.1) is 0 Å². The van der Waals surface area contributed by atoms with Gasteiger partial charge in [0.05, 0.1) is 19.8 Å². The number of hydrogen-bond acceptors (Lipinski definition) is 10. The number of nitrogen functional groups attached to an aromatic ring is 1. The summed E-state index contributed by atoms with van der Waals surface area (Å²) >= 11 is 0. The zero-order chi connectivity index (χ0) is 30.9. The maximum Gasteiger partial charge on any atom is 0.342 e. The molecule has 43 heavy (non-hydrogen) atoms. The number of nitrogens with zero attached hydrogens (tertiary/aromatic N) is 2. The van der Waals surface area contributed by atoms with Crippen molar-refractivity contribution in [3.63, 3.8) is 0 Å². The Morgan fingerprint density at radius 1 is 1.21 bits per heavy atom. The highest BCUT2D eigenvalue weighted by atomic mass is 16.5. The normalized spacial score (nSPS) is 16.9. The van der Waals surface area contributed by atoms with E-state index in [1.165, 1.54) is 13.2 Å². The Hall–Kier alpha value is -4.87. The zero-order valence-corrected chi connectivity index (χ0v) is 24.3. The van der Waals surface area contributed by atoms with Gasteiger partial charge in [0.15, 0.2) is 0 Å². The number of methoxy groups -OCH3 is 1. The molecule has 1 amide bonds. The fourth-order valence-corrected chi connectivity index (χ4v) is 5.07. The molecule has 12 nitrogen and oxygen atoms in total. The molecular formula is C31H37N5O7. The molecule has 1 aromatic heterocycles. The summed E-state index contributed by atoms with van der Waals surface area (Å²) < 4.78 is 10.9. The second kappa shape index (κ2) is 14.3. The van der Waals surface area contributed by atoms with Gasteiger partial charge in [-0.3, -0.25) is 14.7 Å². The van der Waals surface area contributed by atoms with E-state index in [2.05, 4.69) is 20.5 Å². The number of aromatic nitrogens is 3. The van der Waals surface area contributed by atoms with E-state index in [1.54, 1.807) is 43.3 Å². The molecule has 6 N–H and O–H groups in total. The van der Waals surface area contributed by atoms with E-state index in [4.69, 9.17) is 15.2 Å². The van der Waals surface area contributed by atoms with Gasteiger partial charge in [-0.15, -0.1) is 5.10 Å². The number of Topliss-reactive ketones (excluding diaryl/α,β-unsaturated/α-hetero) is 1. The number of aromatic hydroxyl groups is 2. The molecule has 1 aliphatic rings. The summed E-state index contributed by atoms with van der Waals surface area (Å²) in [6.45, 7) is 1.76. The highest BCUT2D eigenvalue weighted by Crippen LogP contribution is 2.44. The molecular weight excluding hydrogens is 554 g/mol. The summed E-state index contributed by atoms with van der Waals surface area (Å²) in [5.41, 5.74) is 6.29. The van der Waals surface area contributed by atoms with Gasteiger partial charge in [-0.1, -0.05) is 24.3 Å². The minimum Gasteiger partial charge on any atom is -0.507 e. The van der Waals surface area contributed by atoms with Gasteiger partial charge in [0, 0.05) is 30.7 Å². The third-order valence-corrected chi connectivity index (χ3v) is 7.31. The number of cyclic esters (lactones) is 1. The summed E-state index contributed by atoms with van der Waals surface area (Å²) in [6.07, 6.45) is 5.88. The fourth-order valence-electron chi connectivity index (χ4n) is 5.07. The number of aromatic amines is 1. The number of carbonyl (C=O) groups is 3. The van der Waals surface area contributed by atoms with Gasteiger partial charge < -0.3 is 30.7 Å². The largest absolute Gasteiger partial charge is 0.507 e. The number of ether oxygens (including phenoxy) is 2. The lowest BCUT2D eigenvalue weighted by Crippen LogP contribution is -2.26. The lowest BCUT2D eigenvalue weighted by Gasteiger charge is -2.23. The van der Waals surface area contributed by atoms with E-state index in [0.29, 0.717) is 55.7 Å². The number of amides is 1. The predicted molar refractivity (Wildman–Crippen MR) is 158 cm³/mol. The number of fused-ring (bicyclic) bond motifs is 1. The molecule has 2 heterocycles. The van der Waals surface area contributed by atoms with Crippen LogP contribution in [-0.4, -0.2) is 56.3 Å². The predicted octanol–water partition coefficient (Wildman–Crippen LogP) is 4.13. The van der Waals surface area contributed by atoms with E-state index in [9.17, 15) is 24.6 Å². The number of rotatable bonds is 7. The molecule has 2 atom stereocenters.